The molecule has 8 heteroatoms. The molecule has 0 aliphatic rings. The highest BCUT2D eigenvalue weighted by atomic mass is 19.4. The van der Waals surface area contributed by atoms with E-state index in [1.807, 2.05) is 0 Å². The van der Waals surface area contributed by atoms with Crippen LogP contribution in [0.15, 0.2) is 24.3 Å². The van der Waals surface area contributed by atoms with Crippen LogP contribution < -0.4 is 16.4 Å². The van der Waals surface area contributed by atoms with Crippen LogP contribution in [0.3, 0.4) is 0 Å². The lowest BCUT2D eigenvalue weighted by molar-refractivity contribution is -0.137. The van der Waals surface area contributed by atoms with E-state index < -0.39 is 17.8 Å². The second kappa shape index (κ2) is 7.84. The average Bonchev–Trinajstić information content (AvgIpc) is 2.38. The lowest BCUT2D eigenvalue weighted by atomic mass is 10.2. The molecule has 0 fully saturated rings. The summed E-state index contributed by atoms with van der Waals surface area (Å²) >= 11 is 0. The van der Waals surface area contributed by atoms with Crippen molar-refractivity contribution in [2.45, 2.75) is 18.6 Å². The van der Waals surface area contributed by atoms with Crippen LogP contribution in [0.2, 0.25) is 0 Å². The van der Waals surface area contributed by atoms with E-state index in [-0.39, 0.29) is 11.7 Å². The predicted octanol–water partition coefficient (Wildman–Crippen LogP) is 2.19. The molecule has 0 saturated carbocycles. The van der Waals surface area contributed by atoms with Crippen molar-refractivity contribution in [1.82, 2.24) is 5.32 Å². The van der Waals surface area contributed by atoms with E-state index in [1.165, 1.54) is 19.2 Å². The van der Waals surface area contributed by atoms with Gasteiger partial charge >= 0.3 is 12.2 Å². The molecule has 1 atom stereocenters. The second-order valence-electron chi connectivity index (χ2n) is 4.46. The summed E-state index contributed by atoms with van der Waals surface area (Å²) in [6.07, 6.45) is -3.94. The van der Waals surface area contributed by atoms with Crippen LogP contribution in [-0.2, 0) is 10.9 Å². The molecule has 21 heavy (non-hydrogen) atoms. The van der Waals surface area contributed by atoms with Crippen LogP contribution in [0.5, 0.6) is 0 Å². The number of benzene rings is 1. The predicted molar refractivity (Wildman–Crippen MR) is 72.9 cm³/mol. The SMILES string of the molecule is COCC(N)CCNC(=O)Nc1cccc(C(F)(F)F)c1. The van der Waals surface area contributed by atoms with Gasteiger partial charge in [-0.25, -0.2) is 4.79 Å². The van der Waals surface area contributed by atoms with E-state index in [4.69, 9.17) is 10.5 Å². The molecule has 5 nitrogen and oxygen atoms in total. The highest BCUT2D eigenvalue weighted by Gasteiger charge is 2.30. The first-order valence-electron chi connectivity index (χ1n) is 6.29. The van der Waals surface area contributed by atoms with E-state index in [1.54, 1.807) is 0 Å². The molecule has 1 rings (SSSR count). The normalized spacial score (nSPS) is 12.8. The number of urea groups is 1. The molecule has 0 spiro atoms. The maximum Gasteiger partial charge on any atom is 0.416 e. The molecule has 0 radical (unpaired) electrons. The van der Waals surface area contributed by atoms with E-state index in [0.29, 0.717) is 19.6 Å². The Balaban J connectivity index is 2.45. The Morgan fingerprint density at radius 1 is 1.43 bits per heavy atom. The van der Waals surface area contributed by atoms with Crippen molar-refractivity contribution < 1.29 is 22.7 Å². The van der Waals surface area contributed by atoms with Crippen LogP contribution in [-0.4, -0.2) is 32.3 Å². The molecule has 2 amide bonds. The smallest absolute Gasteiger partial charge is 0.383 e. The second-order valence-corrected chi connectivity index (χ2v) is 4.46. The van der Waals surface area contributed by atoms with E-state index in [9.17, 15) is 18.0 Å². The van der Waals surface area contributed by atoms with E-state index >= 15 is 0 Å². The van der Waals surface area contributed by atoms with Gasteiger partial charge in [0.2, 0.25) is 0 Å². The summed E-state index contributed by atoms with van der Waals surface area (Å²) in [5.74, 6) is 0. The molecule has 0 aliphatic carbocycles. The number of hydrogen-bond acceptors (Lipinski definition) is 3. The molecular formula is C13H18F3N3O2. The number of anilines is 1. The Labute approximate surface area is 120 Å². The van der Waals surface area contributed by atoms with Gasteiger partial charge in [-0.3, -0.25) is 0 Å². The molecule has 1 aromatic carbocycles. The Hall–Kier alpha value is -1.80. The van der Waals surface area contributed by atoms with Gasteiger partial charge < -0.3 is 21.1 Å². The lowest BCUT2D eigenvalue weighted by Crippen LogP contribution is -2.35. The molecule has 1 aromatic rings. The number of alkyl halides is 3. The number of methoxy groups -OCH3 is 1. The Morgan fingerprint density at radius 2 is 2.14 bits per heavy atom. The van der Waals surface area contributed by atoms with Gasteiger partial charge in [-0.05, 0) is 24.6 Å². The first-order valence-corrected chi connectivity index (χ1v) is 6.29. The molecule has 0 aromatic heterocycles. The van der Waals surface area contributed by atoms with Crippen molar-refractivity contribution in [3.8, 4) is 0 Å². The number of hydrogen-bond donors (Lipinski definition) is 3. The number of carbonyl (C=O) groups excluding carboxylic acids is 1. The van der Waals surface area contributed by atoms with Gasteiger partial charge in [0.25, 0.3) is 0 Å². The van der Waals surface area contributed by atoms with Crippen molar-refractivity contribution in [3.05, 3.63) is 29.8 Å². The zero-order valence-electron chi connectivity index (χ0n) is 11.5. The maximum absolute atomic E-state index is 12.5. The van der Waals surface area contributed by atoms with Crippen LogP contribution in [0.25, 0.3) is 0 Å². The highest BCUT2D eigenvalue weighted by molar-refractivity contribution is 5.89. The van der Waals surface area contributed by atoms with Gasteiger partial charge in [-0.1, -0.05) is 6.07 Å². The Kier molecular flexibility index (Phi) is 6.44. The number of halogens is 3. The number of nitrogens with two attached hydrogens (primary N) is 1. The summed E-state index contributed by atoms with van der Waals surface area (Å²) < 4.78 is 42.4. The van der Waals surface area contributed by atoms with E-state index in [0.717, 1.165) is 12.1 Å². The van der Waals surface area contributed by atoms with Crippen molar-refractivity contribution in [1.29, 1.82) is 0 Å². The van der Waals surface area contributed by atoms with Crippen LogP contribution in [0.1, 0.15) is 12.0 Å². The first-order chi connectivity index (χ1) is 9.82. The topological polar surface area (TPSA) is 76.4 Å². The molecule has 0 saturated heterocycles. The minimum atomic E-state index is -4.44. The number of nitrogens with one attached hydrogen (secondary N) is 2. The monoisotopic (exact) mass is 305 g/mol. The Morgan fingerprint density at radius 3 is 2.76 bits per heavy atom. The molecular weight excluding hydrogens is 287 g/mol. The molecule has 0 bridgehead atoms. The summed E-state index contributed by atoms with van der Waals surface area (Å²) in [7, 11) is 1.52. The number of carbonyl (C=O) groups is 1. The minimum absolute atomic E-state index is 0.0727. The third-order valence-corrected chi connectivity index (χ3v) is 2.63. The summed E-state index contributed by atoms with van der Waals surface area (Å²) in [5, 5.41) is 4.85. The first kappa shape index (κ1) is 17.3. The van der Waals surface area contributed by atoms with Gasteiger partial charge in [0.05, 0.1) is 12.2 Å². The molecule has 118 valence electrons. The van der Waals surface area contributed by atoms with Crippen LogP contribution in [0.4, 0.5) is 23.7 Å². The fourth-order valence-corrected chi connectivity index (χ4v) is 1.62. The molecule has 1 unspecified atom stereocenters. The van der Waals surface area contributed by atoms with Crippen molar-refractivity contribution in [3.63, 3.8) is 0 Å². The minimum Gasteiger partial charge on any atom is -0.383 e. The zero-order valence-corrected chi connectivity index (χ0v) is 11.5. The van der Waals surface area contributed by atoms with Crippen molar-refractivity contribution >= 4 is 11.7 Å². The summed E-state index contributed by atoms with van der Waals surface area (Å²) in [4.78, 5) is 11.5. The fourth-order valence-electron chi connectivity index (χ4n) is 1.62. The number of rotatable bonds is 6. The lowest BCUT2D eigenvalue weighted by Gasteiger charge is -2.12. The van der Waals surface area contributed by atoms with Crippen LogP contribution in [0, 0.1) is 0 Å². The zero-order chi connectivity index (χ0) is 15.9. The van der Waals surface area contributed by atoms with E-state index in [2.05, 4.69) is 10.6 Å². The fraction of sp³-hybridized carbons (Fsp3) is 0.462. The third kappa shape index (κ3) is 6.46. The average molecular weight is 305 g/mol. The Bertz CT molecular complexity index is 466. The summed E-state index contributed by atoms with van der Waals surface area (Å²) in [5.41, 5.74) is 4.92. The number of ether oxygens (including phenoxy) is 1. The summed E-state index contributed by atoms with van der Waals surface area (Å²) in [6.45, 7) is 0.673. The molecule has 0 heterocycles. The largest absolute Gasteiger partial charge is 0.416 e. The highest BCUT2D eigenvalue weighted by Crippen LogP contribution is 2.30. The van der Waals surface area contributed by atoms with Gasteiger partial charge in [0.15, 0.2) is 0 Å². The van der Waals surface area contributed by atoms with Crippen molar-refractivity contribution in [2.75, 3.05) is 25.6 Å². The van der Waals surface area contributed by atoms with Gasteiger partial charge in [-0.2, -0.15) is 13.2 Å². The van der Waals surface area contributed by atoms with Crippen molar-refractivity contribution in [2.24, 2.45) is 5.73 Å². The standard InChI is InChI=1S/C13H18F3N3O2/c1-21-8-10(17)5-6-18-12(20)19-11-4-2-3-9(7-11)13(14,15)16/h2-4,7,10H,5-6,8,17H2,1H3,(H2,18,19,20). The number of amides is 2. The van der Waals surface area contributed by atoms with Crippen LogP contribution >= 0.6 is 0 Å². The molecule has 4 N–H and O–H groups in total. The maximum atomic E-state index is 12.5. The van der Waals surface area contributed by atoms with Gasteiger partial charge in [0, 0.05) is 25.4 Å². The quantitative estimate of drug-likeness (QED) is 0.754. The molecule has 0 aliphatic heterocycles. The van der Waals surface area contributed by atoms with Gasteiger partial charge in [0.1, 0.15) is 0 Å². The van der Waals surface area contributed by atoms with Gasteiger partial charge in [-0.15, -0.1) is 0 Å². The third-order valence-electron chi connectivity index (χ3n) is 2.63. The summed E-state index contributed by atoms with van der Waals surface area (Å²) in [6, 6.07) is 3.63.